The van der Waals surface area contributed by atoms with Crippen molar-refractivity contribution in [1.29, 1.82) is 0 Å². The molecule has 9 heteroatoms. The summed E-state index contributed by atoms with van der Waals surface area (Å²) in [5.74, 6) is 0.0423. The summed E-state index contributed by atoms with van der Waals surface area (Å²) in [6.07, 6.45) is 8.84. The first-order chi connectivity index (χ1) is 19.3. The van der Waals surface area contributed by atoms with Crippen molar-refractivity contribution in [3.05, 3.63) is 53.1 Å². The third-order valence-corrected chi connectivity index (χ3v) is 11.0. The standard InChI is InChI=1S/C33H58O6SSi2/c1-26(2)14-20-31(38-40(34,35)30-18-15-27(3)16-19-30)28(4)13-12-23-33(5)32(39-42(9,10)11)21-17-29(25-36-33)22-24-37-41(6,7)8/h14-16,18-19,22,28,31-32H,12-13,17,20-21,23-25H2,1-11H3/t28?,31?,32-,33-/m1/s1. The SMILES string of the molecule is CC(C)=CCC(OS(=O)(=O)c1ccc(C)cc1)C(C)CCC[C@@]1(C)OCC(=CCO[Si](C)(C)C)CC[C@H]1O[Si](C)(C)C. The van der Waals surface area contributed by atoms with Gasteiger partial charge in [0.15, 0.2) is 16.6 Å². The van der Waals surface area contributed by atoms with Crippen molar-refractivity contribution in [3.63, 3.8) is 0 Å². The molecule has 0 amide bonds. The molecule has 1 aliphatic heterocycles. The van der Waals surface area contributed by atoms with E-state index in [9.17, 15) is 8.42 Å². The number of hydrogen-bond acceptors (Lipinski definition) is 6. The zero-order chi connectivity index (χ0) is 31.8. The largest absolute Gasteiger partial charge is 0.414 e. The highest BCUT2D eigenvalue weighted by Gasteiger charge is 2.40. The Hall–Kier alpha value is -1.08. The molecule has 42 heavy (non-hydrogen) atoms. The lowest BCUT2D eigenvalue weighted by Crippen LogP contribution is -2.47. The molecular formula is C33H58O6SSi2. The molecule has 1 saturated heterocycles. The topological polar surface area (TPSA) is 71.1 Å². The molecule has 1 fully saturated rings. The maximum Gasteiger partial charge on any atom is 0.297 e. The van der Waals surface area contributed by atoms with Crippen LogP contribution in [0, 0.1) is 12.8 Å². The Bertz CT molecular complexity index is 1140. The van der Waals surface area contributed by atoms with Gasteiger partial charge in [0.25, 0.3) is 10.1 Å². The van der Waals surface area contributed by atoms with E-state index in [1.807, 2.05) is 20.8 Å². The van der Waals surface area contributed by atoms with Crippen LogP contribution in [0.15, 0.2) is 52.5 Å². The molecule has 0 N–H and O–H groups in total. The first-order valence-electron chi connectivity index (χ1n) is 15.6. The number of rotatable bonds is 15. The first kappa shape index (κ1) is 37.1. The van der Waals surface area contributed by atoms with Crippen LogP contribution in [-0.4, -0.2) is 56.1 Å². The van der Waals surface area contributed by atoms with Crippen LogP contribution in [0.3, 0.4) is 0 Å². The lowest BCUT2D eigenvalue weighted by atomic mass is 9.87. The molecule has 240 valence electrons. The molecule has 2 unspecified atom stereocenters. The fourth-order valence-electron chi connectivity index (χ4n) is 5.06. The van der Waals surface area contributed by atoms with Crippen LogP contribution in [0.4, 0.5) is 0 Å². The van der Waals surface area contributed by atoms with Crippen molar-refractivity contribution in [1.82, 2.24) is 0 Å². The fraction of sp³-hybridized carbons (Fsp3) is 0.697. The predicted molar refractivity (Wildman–Crippen MR) is 179 cm³/mol. The van der Waals surface area contributed by atoms with Gasteiger partial charge in [0.2, 0.25) is 0 Å². The third-order valence-electron chi connectivity index (χ3n) is 7.67. The quantitative estimate of drug-likeness (QED) is 0.109. The minimum absolute atomic E-state index is 0.0166. The normalized spacial score (nSPS) is 22.9. The molecule has 0 radical (unpaired) electrons. The van der Waals surface area contributed by atoms with Crippen molar-refractivity contribution in [2.75, 3.05) is 13.2 Å². The van der Waals surface area contributed by atoms with Gasteiger partial charge < -0.3 is 13.6 Å². The van der Waals surface area contributed by atoms with Crippen LogP contribution < -0.4 is 0 Å². The summed E-state index contributed by atoms with van der Waals surface area (Å²) in [7, 11) is -7.24. The number of allylic oxidation sites excluding steroid dienone is 1. The molecule has 1 aromatic carbocycles. The van der Waals surface area contributed by atoms with Gasteiger partial charge in [-0.25, -0.2) is 0 Å². The predicted octanol–water partition coefficient (Wildman–Crippen LogP) is 8.80. The second kappa shape index (κ2) is 15.8. The molecule has 0 aliphatic carbocycles. The van der Waals surface area contributed by atoms with Crippen LogP contribution in [0.25, 0.3) is 0 Å². The molecule has 1 heterocycles. The average molecular weight is 639 g/mol. The van der Waals surface area contributed by atoms with Gasteiger partial charge in [-0.15, -0.1) is 0 Å². The van der Waals surface area contributed by atoms with Crippen molar-refractivity contribution < 1.29 is 26.2 Å². The molecule has 0 bridgehead atoms. The van der Waals surface area contributed by atoms with E-state index in [0.29, 0.717) is 19.6 Å². The van der Waals surface area contributed by atoms with Crippen LogP contribution in [0.5, 0.6) is 0 Å². The maximum absolute atomic E-state index is 13.2. The summed E-state index contributed by atoms with van der Waals surface area (Å²) in [6.45, 7) is 24.8. The summed E-state index contributed by atoms with van der Waals surface area (Å²) in [5.41, 5.74) is 3.02. The van der Waals surface area contributed by atoms with Gasteiger partial charge in [0, 0.05) is 0 Å². The molecule has 6 nitrogen and oxygen atoms in total. The summed E-state index contributed by atoms with van der Waals surface area (Å²) >= 11 is 0. The summed E-state index contributed by atoms with van der Waals surface area (Å²) in [5, 5.41) is 0. The molecule has 0 spiro atoms. The van der Waals surface area contributed by atoms with Crippen molar-refractivity contribution in [2.45, 2.75) is 135 Å². The maximum atomic E-state index is 13.2. The molecule has 4 atom stereocenters. The van der Waals surface area contributed by atoms with Gasteiger partial charge in [0.05, 0.1) is 35.9 Å². The van der Waals surface area contributed by atoms with Crippen LogP contribution >= 0.6 is 0 Å². The van der Waals surface area contributed by atoms with E-state index in [0.717, 1.165) is 43.2 Å². The van der Waals surface area contributed by atoms with E-state index >= 15 is 0 Å². The molecule has 1 aliphatic rings. The van der Waals surface area contributed by atoms with E-state index < -0.39 is 38.5 Å². The Labute approximate surface area is 259 Å². The third kappa shape index (κ3) is 13.3. The van der Waals surface area contributed by atoms with E-state index in [-0.39, 0.29) is 16.9 Å². The van der Waals surface area contributed by atoms with Gasteiger partial charge in [0.1, 0.15) is 0 Å². The fourth-order valence-corrected chi connectivity index (χ4v) is 8.04. The summed E-state index contributed by atoms with van der Waals surface area (Å²) in [4.78, 5) is 0.201. The highest BCUT2D eigenvalue weighted by Crippen LogP contribution is 2.36. The Kier molecular flexibility index (Phi) is 13.9. The highest BCUT2D eigenvalue weighted by atomic mass is 32.2. The number of benzene rings is 1. The zero-order valence-corrected chi connectivity index (χ0v) is 31.0. The number of hydrogen-bond donors (Lipinski definition) is 0. The first-order valence-corrected chi connectivity index (χ1v) is 23.8. The van der Waals surface area contributed by atoms with Gasteiger partial charge in [-0.2, -0.15) is 8.42 Å². The molecule has 2 rings (SSSR count). The Morgan fingerprint density at radius 2 is 1.74 bits per heavy atom. The van der Waals surface area contributed by atoms with Crippen molar-refractivity contribution in [3.8, 4) is 0 Å². The van der Waals surface area contributed by atoms with Crippen LogP contribution in [-0.2, 0) is 27.9 Å². The van der Waals surface area contributed by atoms with Gasteiger partial charge >= 0.3 is 0 Å². The second-order valence-electron chi connectivity index (χ2n) is 14.4. The molecule has 0 saturated carbocycles. The van der Waals surface area contributed by atoms with E-state index in [4.69, 9.17) is 17.8 Å². The van der Waals surface area contributed by atoms with E-state index in [1.165, 1.54) is 5.57 Å². The lowest BCUT2D eigenvalue weighted by Gasteiger charge is -2.39. The van der Waals surface area contributed by atoms with Gasteiger partial charge in [-0.3, -0.25) is 4.18 Å². The van der Waals surface area contributed by atoms with Crippen molar-refractivity contribution in [2.24, 2.45) is 5.92 Å². The monoisotopic (exact) mass is 638 g/mol. The molecular weight excluding hydrogens is 581 g/mol. The van der Waals surface area contributed by atoms with E-state index in [1.54, 1.807) is 24.3 Å². The molecule has 1 aromatic rings. The lowest BCUT2D eigenvalue weighted by molar-refractivity contribution is -0.0978. The van der Waals surface area contributed by atoms with Crippen LogP contribution in [0.1, 0.15) is 71.8 Å². The van der Waals surface area contributed by atoms with Gasteiger partial charge in [-0.05, 0) is 123 Å². The second-order valence-corrected chi connectivity index (χ2v) is 25.0. The zero-order valence-electron chi connectivity index (χ0n) is 28.2. The summed E-state index contributed by atoms with van der Waals surface area (Å²) in [6, 6.07) is 6.85. The Morgan fingerprint density at radius 3 is 2.31 bits per heavy atom. The van der Waals surface area contributed by atoms with Crippen molar-refractivity contribution >= 4 is 26.8 Å². The minimum Gasteiger partial charge on any atom is -0.414 e. The molecule has 0 aromatic heterocycles. The Balaban J connectivity index is 2.14. The Morgan fingerprint density at radius 1 is 1.10 bits per heavy atom. The summed E-state index contributed by atoms with van der Waals surface area (Å²) < 4.78 is 51.7. The number of aryl methyl sites for hydroxylation is 1. The van der Waals surface area contributed by atoms with E-state index in [2.05, 4.69) is 65.3 Å². The van der Waals surface area contributed by atoms with Gasteiger partial charge in [-0.1, -0.05) is 48.8 Å². The smallest absolute Gasteiger partial charge is 0.297 e. The minimum atomic E-state index is -3.87. The number of ether oxygens (including phenoxy) is 1. The van der Waals surface area contributed by atoms with Crippen LogP contribution in [0.2, 0.25) is 39.3 Å². The average Bonchev–Trinajstić information content (AvgIpc) is 2.99. The highest BCUT2D eigenvalue weighted by molar-refractivity contribution is 7.86.